The van der Waals surface area contributed by atoms with Crippen LogP contribution in [0.3, 0.4) is 0 Å². The summed E-state index contributed by atoms with van der Waals surface area (Å²) in [6.07, 6.45) is 2.85. The van der Waals surface area contributed by atoms with Crippen molar-refractivity contribution < 1.29 is 23.9 Å². The Morgan fingerprint density at radius 2 is 2.17 bits per heavy atom. The second kappa shape index (κ2) is 8.63. The summed E-state index contributed by atoms with van der Waals surface area (Å²) in [6, 6.07) is 3.03. The Balaban J connectivity index is 1.87. The Kier molecular flexibility index (Phi) is 6.54. The van der Waals surface area contributed by atoms with Crippen molar-refractivity contribution >= 4 is 29.4 Å². The van der Waals surface area contributed by atoms with Crippen molar-refractivity contribution in [3.05, 3.63) is 29.0 Å². The lowest BCUT2D eigenvalue weighted by molar-refractivity contribution is -0.151. The summed E-state index contributed by atoms with van der Waals surface area (Å²) in [5.41, 5.74) is 0.106. The molecule has 2 rings (SSSR count). The van der Waals surface area contributed by atoms with Gasteiger partial charge in [0, 0.05) is 19.3 Å². The zero-order chi connectivity index (χ0) is 17.5. The number of hydrogen-bond donors (Lipinski definition) is 0. The maximum atomic E-state index is 12.2. The molecule has 0 N–H and O–H groups in total. The number of hydrogen-bond acceptors (Lipinski definition) is 6. The first-order valence-corrected chi connectivity index (χ1v) is 8.12. The largest absolute Gasteiger partial charge is 0.466 e. The summed E-state index contributed by atoms with van der Waals surface area (Å²) in [4.78, 5) is 41.2. The van der Waals surface area contributed by atoms with Crippen LogP contribution >= 0.6 is 11.6 Å². The lowest BCUT2D eigenvalue weighted by Crippen LogP contribution is -2.44. The van der Waals surface area contributed by atoms with Gasteiger partial charge < -0.3 is 14.4 Å². The third kappa shape index (κ3) is 4.67. The fraction of sp³-hybridized carbons (Fsp3) is 0.500. The molecule has 0 aliphatic carbocycles. The number of nitrogens with zero attached hydrogens (tertiary/aromatic N) is 2. The number of aromatic nitrogens is 1. The zero-order valence-electron chi connectivity index (χ0n) is 13.4. The van der Waals surface area contributed by atoms with Gasteiger partial charge in [-0.15, -0.1) is 0 Å². The van der Waals surface area contributed by atoms with Gasteiger partial charge in [0.15, 0.2) is 6.61 Å². The summed E-state index contributed by atoms with van der Waals surface area (Å²) in [5.74, 6) is -1.68. The van der Waals surface area contributed by atoms with E-state index in [-0.39, 0.29) is 35.1 Å². The van der Waals surface area contributed by atoms with E-state index < -0.39 is 12.6 Å². The molecule has 0 radical (unpaired) electrons. The molecule has 1 saturated heterocycles. The summed E-state index contributed by atoms with van der Waals surface area (Å²) in [5, 5.41) is 0.0234. The molecule has 1 amide bonds. The van der Waals surface area contributed by atoms with Crippen molar-refractivity contribution in [2.24, 2.45) is 5.92 Å². The maximum Gasteiger partial charge on any atom is 0.341 e. The Labute approximate surface area is 144 Å². The molecular weight excluding hydrogens is 336 g/mol. The summed E-state index contributed by atoms with van der Waals surface area (Å²) in [7, 11) is 0. The van der Waals surface area contributed by atoms with Crippen molar-refractivity contribution in [2.75, 3.05) is 26.3 Å². The monoisotopic (exact) mass is 354 g/mol. The number of likely N-dealkylation sites (tertiary alicyclic amines) is 1. The normalized spacial score (nSPS) is 17.2. The van der Waals surface area contributed by atoms with Gasteiger partial charge in [0.05, 0.1) is 18.1 Å². The van der Waals surface area contributed by atoms with Gasteiger partial charge in [0.2, 0.25) is 0 Å². The van der Waals surface area contributed by atoms with Gasteiger partial charge in [-0.2, -0.15) is 0 Å². The highest BCUT2D eigenvalue weighted by Gasteiger charge is 2.29. The summed E-state index contributed by atoms with van der Waals surface area (Å²) < 4.78 is 9.99. The number of halogens is 1. The van der Waals surface area contributed by atoms with Crippen LogP contribution in [0.5, 0.6) is 0 Å². The molecule has 1 unspecified atom stereocenters. The lowest BCUT2D eigenvalue weighted by atomic mass is 9.98. The Morgan fingerprint density at radius 1 is 1.38 bits per heavy atom. The number of esters is 2. The first-order valence-electron chi connectivity index (χ1n) is 7.75. The Hall–Kier alpha value is -2.15. The van der Waals surface area contributed by atoms with E-state index in [4.69, 9.17) is 21.1 Å². The van der Waals surface area contributed by atoms with Crippen LogP contribution in [-0.2, 0) is 19.1 Å². The van der Waals surface area contributed by atoms with Gasteiger partial charge in [-0.1, -0.05) is 11.6 Å². The van der Waals surface area contributed by atoms with Crippen LogP contribution in [0, 0.1) is 5.92 Å². The van der Waals surface area contributed by atoms with Crippen molar-refractivity contribution in [3.63, 3.8) is 0 Å². The van der Waals surface area contributed by atoms with E-state index in [1.54, 1.807) is 13.0 Å². The molecule has 1 fully saturated rings. The van der Waals surface area contributed by atoms with Gasteiger partial charge in [-0.3, -0.25) is 9.59 Å². The number of amides is 1. The predicted octanol–water partition coefficient (Wildman–Crippen LogP) is 1.69. The van der Waals surface area contributed by atoms with E-state index in [0.29, 0.717) is 26.0 Å². The first-order chi connectivity index (χ1) is 11.5. The Bertz CT molecular complexity index is 622. The molecule has 1 aromatic rings. The molecule has 1 atom stereocenters. The molecular formula is C16H19ClN2O5. The fourth-order valence-electron chi connectivity index (χ4n) is 2.49. The second-order valence-electron chi connectivity index (χ2n) is 5.35. The number of pyridine rings is 1. The number of piperidine rings is 1. The summed E-state index contributed by atoms with van der Waals surface area (Å²) >= 11 is 5.81. The predicted molar refractivity (Wildman–Crippen MR) is 85.5 cm³/mol. The maximum absolute atomic E-state index is 12.2. The van der Waals surface area contributed by atoms with Crippen LogP contribution in [0.15, 0.2) is 18.3 Å². The SMILES string of the molecule is CCOC(=O)C1CCCN(C(=O)COC(=O)c2cccnc2Cl)C1. The molecule has 7 nitrogen and oxygen atoms in total. The molecule has 0 saturated carbocycles. The van der Waals surface area contributed by atoms with Crippen LogP contribution in [-0.4, -0.2) is 54.0 Å². The van der Waals surface area contributed by atoms with Crippen LogP contribution in [0.25, 0.3) is 0 Å². The van der Waals surface area contributed by atoms with Crippen molar-refractivity contribution in [1.29, 1.82) is 0 Å². The molecule has 24 heavy (non-hydrogen) atoms. The molecule has 8 heteroatoms. The Morgan fingerprint density at radius 3 is 2.88 bits per heavy atom. The minimum absolute atomic E-state index is 0.0234. The number of carbonyl (C=O) groups excluding carboxylic acids is 3. The fourth-order valence-corrected chi connectivity index (χ4v) is 2.69. The van der Waals surface area contributed by atoms with Crippen molar-refractivity contribution in [2.45, 2.75) is 19.8 Å². The lowest BCUT2D eigenvalue weighted by Gasteiger charge is -2.31. The van der Waals surface area contributed by atoms with Gasteiger partial charge in [-0.25, -0.2) is 9.78 Å². The van der Waals surface area contributed by atoms with Gasteiger partial charge in [0.1, 0.15) is 5.15 Å². The van der Waals surface area contributed by atoms with E-state index in [0.717, 1.165) is 0 Å². The van der Waals surface area contributed by atoms with E-state index in [1.165, 1.54) is 17.2 Å². The smallest absolute Gasteiger partial charge is 0.341 e. The second-order valence-corrected chi connectivity index (χ2v) is 5.71. The molecule has 0 aromatic carbocycles. The molecule has 1 aliphatic rings. The van der Waals surface area contributed by atoms with Gasteiger partial charge in [0.25, 0.3) is 5.91 Å². The molecule has 130 valence electrons. The van der Waals surface area contributed by atoms with E-state index in [2.05, 4.69) is 4.98 Å². The average Bonchev–Trinajstić information content (AvgIpc) is 2.60. The molecule has 1 aliphatic heterocycles. The summed E-state index contributed by atoms with van der Waals surface area (Å²) in [6.45, 7) is 2.46. The van der Waals surface area contributed by atoms with Crippen molar-refractivity contribution in [1.82, 2.24) is 9.88 Å². The quantitative estimate of drug-likeness (QED) is 0.591. The average molecular weight is 355 g/mol. The third-order valence-corrected chi connectivity index (χ3v) is 4.00. The van der Waals surface area contributed by atoms with Crippen molar-refractivity contribution in [3.8, 4) is 0 Å². The highest BCUT2D eigenvalue weighted by atomic mass is 35.5. The molecule has 0 bridgehead atoms. The van der Waals surface area contributed by atoms with Gasteiger partial charge >= 0.3 is 11.9 Å². The van der Waals surface area contributed by atoms with E-state index in [1.807, 2.05) is 0 Å². The highest BCUT2D eigenvalue weighted by molar-refractivity contribution is 6.32. The topological polar surface area (TPSA) is 85.8 Å². The van der Waals surface area contributed by atoms with Crippen LogP contribution < -0.4 is 0 Å². The zero-order valence-corrected chi connectivity index (χ0v) is 14.1. The third-order valence-electron chi connectivity index (χ3n) is 3.70. The minimum atomic E-state index is -0.708. The number of rotatable bonds is 5. The standard InChI is InChI=1S/C16H19ClN2O5/c1-2-23-15(21)11-5-4-8-19(9-11)13(20)10-24-16(22)12-6-3-7-18-14(12)17/h3,6-7,11H,2,4-5,8-10H2,1H3. The first kappa shape index (κ1) is 18.2. The molecule has 2 heterocycles. The van der Waals surface area contributed by atoms with Gasteiger partial charge in [-0.05, 0) is 31.9 Å². The van der Waals surface area contributed by atoms with Crippen LogP contribution in [0.1, 0.15) is 30.1 Å². The minimum Gasteiger partial charge on any atom is -0.466 e. The molecule has 0 spiro atoms. The van der Waals surface area contributed by atoms with Crippen LogP contribution in [0.2, 0.25) is 5.15 Å². The molecule has 1 aromatic heterocycles. The van der Waals surface area contributed by atoms with Crippen LogP contribution in [0.4, 0.5) is 0 Å². The van der Waals surface area contributed by atoms with E-state index in [9.17, 15) is 14.4 Å². The van der Waals surface area contributed by atoms with E-state index >= 15 is 0 Å². The number of carbonyl (C=O) groups is 3. The number of ether oxygens (including phenoxy) is 2. The highest BCUT2D eigenvalue weighted by Crippen LogP contribution is 2.18.